The molecular weight excluding hydrogens is 248 g/mol. The molecule has 1 aliphatic carbocycles. The molecule has 2 rings (SSSR count). The lowest BCUT2D eigenvalue weighted by Crippen LogP contribution is -2.51. The quantitative estimate of drug-likeness (QED) is 0.885. The van der Waals surface area contributed by atoms with Gasteiger partial charge in [0.25, 0.3) is 5.91 Å². The summed E-state index contributed by atoms with van der Waals surface area (Å²) < 4.78 is 0. The van der Waals surface area contributed by atoms with E-state index in [1.165, 1.54) is 19.3 Å². The van der Waals surface area contributed by atoms with Crippen LogP contribution in [-0.2, 0) is 0 Å². The van der Waals surface area contributed by atoms with Crippen LogP contribution < -0.4 is 11.1 Å². The molecule has 1 aromatic carbocycles. The largest absolute Gasteiger partial charge is 0.350 e. The molecule has 1 amide bonds. The molecule has 0 bridgehead atoms. The number of halogens is 1. The molecule has 0 heterocycles. The Morgan fingerprint density at radius 1 is 1.17 bits per heavy atom. The molecule has 0 radical (unpaired) electrons. The van der Waals surface area contributed by atoms with E-state index in [4.69, 9.17) is 5.73 Å². The first-order chi connectivity index (χ1) is 8.20. The molecule has 0 spiro atoms. The number of benzene rings is 1. The molecule has 1 aliphatic rings. The fourth-order valence-electron chi connectivity index (χ4n) is 2.38. The highest BCUT2D eigenvalue weighted by atomic mass is 35.5. The molecule has 0 unspecified atom stereocenters. The zero-order chi connectivity index (χ0) is 12.1. The maximum Gasteiger partial charge on any atom is 0.251 e. The summed E-state index contributed by atoms with van der Waals surface area (Å²) in [6.07, 6.45) is 5.66. The van der Waals surface area contributed by atoms with Crippen molar-refractivity contribution >= 4 is 18.3 Å². The van der Waals surface area contributed by atoms with Crippen LogP contribution >= 0.6 is 12.4 Å². The second-order valence-corrected chi connectivity index (χ2v) is 4.97. The van der Waals surface area contributed by atoms with Gasteiger partial charge in [0.15, 0.2) is 0 Å². The second kappa shape index (κ2) is 6.76. The third-order valence-electron chi connectivity index (χ3n) is 3.49. The van der Waals surface area contributed by atoms with E-state index in [9.17, 15) is 4.79 Å². The minimum Gasteiger partial charge on any atom is -0.350 e. The van der Waals surface area contributed by atoms with Gasteiger partial charge in [0.1, 0.15) is 0 Å². The third kappa shape index (κ3) is 4.00. The van der Waals surface area contributed by atoms with Gasteiger partial charge in [-0.3, -0.25) is 4.79 Å². The van der Waals surface area contributed by atoms with E-state index in [1.807, 2.05) is 30.3 Å². The first kappa shape index (κ1) is 15.0. The fourth-order valence-corrected chi connectivity index (χ4v) is 2.38. The van der Waals surface area contributed by atoms with E-state index >= 15 is 0 Å². The highest BCUT2D eigenvalue weighted by Gasteiger charge is 2.27. The van der Waals surface area contributed by atoms with Gasteiger partial charge in [-0.05, 0) is 25.0 Å². The summed E-state index contributed by atoms with van der Waals surface area (Å²) in [5.41, 5.74) is 6.78. The van der Waals surface area contributed by atoms with Crippen molar-refractivity contribution in [2.45, 2.75) is 37.6 Å². The van der Waals surface area contributed by atoms with Crippen molar-refractivity contribution in [2.24, 2.45) is 5.73 Å². The van der Waals surface area contributed by atoms with E-state index in [1.54, 1.807) is 0 Å². The monoisotopic (exact) mass is 268 g/mol. The molecule has 0 aliphatic heterocycles. The maximum absolute atomic E-state index is 11.9. The van der Waals surface area contributed by atoms with Gasteiger partial charge in [0, 0.05) is 17.6 Å². The normalized spacial score (nSPS) is 17.6. The lowest BCUT2D eigenvalue weighted by atomic mass is 9.82. The lowest BCUT2D eigenvalue weighted by molar-refractivity contribution is 0.0937. The Bertz CT molecular complexity index is 375. The Morgan fingerprint density at radius 3 is 2.39 bits per heavy atom. The molecule has 18 heavy (non-hydrogen) atoms. The number of rotatable bonds is 3. The third-order valence-corrected chi connectivity index (χ3v) is 3.49. The van der Waals surface area contributed by atoms with E-state index in [-0.39, 0.29) is 23.9 Å². The van der Waals surface area contributed by atoms with Gasteiger partial charge in [0.2, 0.25) is 0 Å². The Kier molecular flexibility index (Phi) is 5.63. The zero-order valence-corrected chi connectivity index (χ0v) is 11.3. The summed E-state index contributed by atoms with van der Waals surface area (Å²) in [6, 6.07) is 9.28. The topological polar surface area (TPSA) is 55.1 Å². The van der Waals surface area contributed by atoms with E-state index < -0.39 is 0 Å². The van der Waals surface area contributed by atoms with Crippen LogP contribution in [0.4, 0.5) is 0 Å². The molecular formula is C14H21ClN2O. The summed E-state index contributed by atoms with van der Waals surface area (Å²) in [4.78, 5) is 11.9. The van der Waals surface area contributed by atoms with Crippen LogP contribution in [0.2, 0.25) is 0 Å². The zero-order valence-electron chi connectivity index (χ0n) is 10.5. The molecule has 0 aromatic heterocycles. The smallest absolute Gasteiger partial charge is 0.251 e. The molecule has 0 saturated heterocycles. The number of nitrogens with one attached hydrogen (secondary N) is 1. The van der Waals surface area contributed by atoms with E-state index in [0.717, 1.165) is 12.8 Å². The first-order valence-electron chi connectivity index (χ1n) is 6.32. The van der Waals surface area contributed by atoms with Crippen molar-refractivity contribution in [3.63, 3.8) is 0 Å². The van der Waals surface area contributed by atoms with Gasteiger partial charge in [-0.2, -0.15) is 0 Å². The average molecular weight is 269 g/mol. The summed E-state index contributed by atoms with van der Waals surface area (Å²) in [7, 11) is 0. The Labute approximate surface area is 115 Å². The second-order valence-electron chi connectivity index (χ2n) is 4.97. The van der Waals surface area contributed by atoms with Gasteiger partial charge >= 0.3 is 0 Å². The maximum atomic E-state index is 11.9. The predicted octanol–water partition coefficient (Wildman–Crippen LogP) is 2.50. The summed E-state index contributed by atoms with van der Waals surface area (Å²) in [5, 5.41) is 2.95. The molecule has 3 N–H and O–H groups in total. The van der Waals surface area contributed by atoms with Crippen LogP contribution in [0.1, 0.15) is 42.5 Å². The molecule has 4 heteroatoms. The summed E-state index contributed by atoms with van der Waals surface area (Å²) >= 11 is 0. The number of carbonyl (C=O) groups is 1. The molecule has 1 aromatic rings. The van der Waals surface area contributed by atoms with Crippen molar-refractivity contribution in [3.8, 4) is 0 Å². The average Bonchev–Trinajstić information content (AvgIpc) is 2.38. The minimum absolute atomic E-state index is 0. The van der Waals surface area contributed by atoms with Crippen LogP contribution in [0.3, 0.4) is 0 Å². The van der Waals surface area contributed by atoms with Crippen molar-refractivity contribution in [2.75, 3.05) is 6.54 Å². The van der Waals surface area contributed by atoms with Gasteiger partial charge in [-0.25, -0.2) is 0 Å². The number of hydrogen-bond donors (Lipinski definition) is 2. The number of carbonyl (C=O) groups excluding carboxylic acids is 1. The van der Waals surface area contributed by atoms with Gasteiger partial charge in [-0.1, -0.05) is 37.5 Å². The molecule has 0 atom stereocenters. The Morgan fingerprint density at radius 2 is 1.78 bits per heavy atom. The molecule has 100 valence electrons. The molecule has 1 fully saturated rings. The minimum atomic E-state index is -0.192. The van der Waals surface area contributed by atoms with Gasteiger partial charge in [-0.15, -0.1) is 12.4 Å². The van der Waals surface area contributed by atoms with Gasteiger partial charge in [0.05, 0.1) is 0 Å². The highest BCUT2D eigenvalue weighted by Crippen LogP contribution is 2.25. The van der Waals surface area contributed by atoms with Crippen LogP contribution in [0.15, 0.2) is 30.3 Å². The van der Waals surface area contributed by atoms with Crippen LogP contribution in [0.25, 0.3) is 0 Å². The Hall–Kier alpha value is -1.06. The number of hydrogen-bond acceptors (Lipinski definition) is 2. The first-order valence-corrected chi connectivity index (χ1v) is 6.32. The van der Waals surface area contributed by atoms with Crippen LogP contribution in [0, 0.1) is 0 Å². The van der Waals surface area contributed by atoms with Crippen molar-refractivity contribution in [1.82, 2.24) is 5.32 Å². The fraction of sp³-hybridized carbons (Fsp3) is 0.500. The summed E-state index contributed by atoms with van der Waals surface area (Å²) in [5.74, 6) is -0.0269. The van der Waals surface area contributed by atoms with Crippen LogP contribution in [0.5, 0.6) is 0 Å². The highest BCUT2D eigenvalue weighted by molar-refractivity contribution is 5.94. The SMILES string of the molecule is Cl.NC1(CNC(=O)c2ccccc2)CCCCC1. The summed E-state index contributed by atoms with van der Waals surface area (Å²) in [6.45, 7) is 0.584. The lowest BCUT2D eigenvalue weighted by Gasteiger charge is -2.33. The van der Waals surface area contributed by atoms with Crippen molar-refractivity contribution in [1.29, 1.82) is 0 Å². The predicted molar refractivity (Wildman–Crippen MR) is 76.0 cm³/mol. The van der Waals surface area contributed by atoms with Crippen molar-refractivity contribution in [3.05, 3.63) is 35.9 Å². The molecule has 1 saturated carbocycles. The number of nitrogens with two attached hydrogens (primary N) is 1. The van der Waals surface area contributed by atoms with E-state index in [2.05, 4.69) is 5.32 Å². The molecule has 3 nitrogen and oxygen atoms in total. The van der Waals surface area contributed by atoms with Gasteiger partial charge < -0.3 is 11.1 Å². The Balaban J connectivity index is 0.00000162. The van der Waals surface area contributed by atoms with Crippen LogP contribution in [-0.4, -0.2) is 18.0 Å². The number of amides is 1. The standard InChI is InChI=1S/C14H20N2O.ClH/c15-14(9-5-2-6-10-14)11-16-13(17)12-7-3-1-4-8-12;/h1,3-4,7-8H,2,5-6,9-11,15H2,(H,16,17);1H. The van der Waals surface area contributed by atoms with E-state index in [0.29, 0.717) is 12.1 Å². The van der Waals surface area contributed by atoms with Crippen molar-refractivity contribution < 1.29 is 4.79 Å².